The van der Waals surface area contributed by atoms with Gasteiger partial charge in [0.25, 0.3) is 0 Å². The number of amides is 2. The van der Waals surface area contributed by atoms with Crippen LogP contribution in [-0.2, 0) is 14.3 Å². The van der Waals surface area contributed by atoms with Crippen molar-refractivity contribution in [3.8, 4) is 0 Å². The maximum Gasteiger partial charge on any atom is 0.247 e. The first kappa shape index (κ1) is 16.7. The van der Waals surface area contributed by atoms with Gasteiger partial charge in [-0.1, -0.05) is 30.3 Å². The van der Waals surface area contributed by atoms with Crippen LogP contribution in [0.2, 0.25) is 0 Å². The van der Waals surface area contributed by atoms with E-state index >= 15 is 0 Å². The van der Waals surface area contributed by atoms with E-state index in [-0.39, 0.29) is 17.9 Å². The number of rotatable bonds is 3. The molecule has 2 fully saturated rings. The number of piperidine rings is 1. The first-order valence-electron chi connectivity index (χ1n) is 8.66. The van der Waals surface area contributed by atoms with Crippen molar-refractivity contribution in [3.05, 3.63) is 42.0 Å². The topological polar surface area (TPSA) is 49.9 Å². The lowest BCUT2D eigenvalue weighted by atomic mass is 10.00. The van der Waals surface area contributed by atoms with Crippen molar-refractivity contribution < 1.29 is 14.3 Å². The molecule has 0 N–H and O–H groups in total. The minimum atomic E-state index is -0.329. The summed E-state index contributed by atoms with van der Waals surface area (Å²) in [6.45, 7) is 3.06. The molecule has 0 saturated carbocycles. The van der Waals surface area contributed by atoms with Gasteiger partial charge in [-0.05, 0) is 30.9 Å². The smallest absolute Gasteiger partial charge is 0.247 e. The molecular weight excluding hydrogens is 304 g/mol. The Balaban J connectivity index is 1.68. The summed E-state index contributed by atoms with van der Waals surface area (Å²) in [5.74, 6) is -0.00961. The second kappa shape index (κ2) is 8.11. The molecule has 0 bridgehead atoms. The zero-order valence-electron chi connectivity index (χ0n) is 13.9. The van der Waals surface area contributed by atoms with E-state index in [0.29, 0.717) is 32.8 Å². The fourth-order valence-electron chi connectivity index (χ4n) is 3.27. The molecule has 5 nitrogen and oxygen atoms in total. The Labute approximate surface area is 142 Å². The van der Waals surface area contributed by atoms with E-state index in [0.717, 1.165) is 24.8 Å². The lowest BCUT2D eigenvalue weighted by Crippen LogP contribution is -2.54. The number of nitrogens with zero attached hydrogens (tertiary/aromatic N) is 2. The van der Waals surface area contributed by atoms with E-state index in [1.54, 1.807) is 11.0 Å². The molecule has 2 aliphatic heterocycles. The predicted molar refractivity (Wildman–Crippen MR) is 92.2 cm³/mol. The van der Waals surface area contributed by atoms with Crippen molar-refractivity contribution in [2.45, 2.75) is 25.3 Å². The van der Waals surface area contributed by atoms with Gasteiger partial charge in [-0.15, -0.1) is 0 Å². The van der Waals surface area contributed by atoms with Crippen molar-refractivity contribution >= 4 is 17.9 Å². The second-order valence-electron chi connectivity index (χ2n) is 6.22. The lowest BCUT2D eigenvalue weighted by molar-refractivity contribution is -0.148. The number of carbonyl (C=O) groups is 2. The van der Waals surface area contributed by atoms with Crippen LogP contribution in [0.25, 0.3) is 6.08 Å². The number of morpholine rings is 1. The fourth-order valence-corrected chi connectivity index (χ4v) is 3.27. The molecule has 0 aromatic heterocycles. The fraction of sp³-hybridized carbons (Fsp3) is 0.474. The van der Waals surface area contributed by atoms with E-state index in [9.17, 15) is 9.59 Å². The van der Waals surface area contributed by atoms with Crippen molar-refractivity contribution in [2.75, 3.05) is 32.8 Å². The van der Waals surface area contributed by atoms with Gasteiger partial charge in [0.05, 0.1) is 13.2 Å². The number of carbonyl (C=O) groups excluding carboxylic acids is 2. The molecule has 3 rings (SSSR count). The Morgan fingerprint density at radius 2 is 1.79 bits per heavy atom. The van der Waals surface area contributed by atoms with Gasteiger partial charge in [0.15, 0.2) is 0 Å². The predicted octanol–water partition coefficient (Wildman–Crippen LogP) is 1.94. The monoisotopic (exact) mass is 328 g/mol. The summed E-state index contributed by atoms with van der Waals surface area (Å²) >= 11 is 0. The van der Waals surface area contributed by atoms with Crippen LogP contribution in [0.1, 0.15) is 24.8 Å². The quantitative estimate of drug-likeness (QED) is 0.797. The molecule has 2 saturated heterocycles. The van der Waals surface area contributed by atoms with Crippen LogP contribution in [0.15, 0.2) is 36.4 Å². The zero-order valence-corrected chi connectivity index (χ0v) is 13.9. The van der Waals surface area contributed by atoms with Gasteiger partial charge in [0, 0.05) is 25.7 Å². The van der Waals surface area contributed by atoms with Gasteiger partial charge >= 0.3 is 0 Å². The van der Waals surface area contributed by atoms with Gasteiger partial charge < -0.3 is 14.5 Å². The van der Waals surface area contributed by atoms with Gasteiger partial charge in [0.2, 0.25) is 11.8 Å². The van der Waals surface area contributed by atoms with Crippen LogP contribution >= 0.6 is 0 Å². The van der Waals surface area contributed by atoms with E-state index in [1.165, 1.54) is 0 Å². The van der Waals surface area contributed by atoms with Gasteiger partial charge in [-0.25, -0.2) is 0 Å². The SMILES string of the molecule is O=C([C@@H]1CCCCN1C(=O)/C=C\c1ccccc1)N1CCOCC1. The summed E-state index contributed by atoms with van der Waals surface area (Å²) in [4.78, 5) is 29.0. The third-order valence-electron chi connectivity index (χ3n) is 4.61. The second-order valence-corrected chi connectivity index (χ2v) is 6.22. The summed E-state index contributed by atoms with van der Waals surface area (Å²) in [6.07, 6.45) is 6.10. The zero-order chi connectivity index (χ0) is 16.8. The highest BCUT2D eigenvalue weighted by atomic mass is 16.5. The number of likely N-dealkylation sites (tertiary alicyclic amines) is 1. The minimum absolute atomic E-state index is 0.0689. The molecule has 0 unspecified atom stereocenters. The van der Waals surface area contributed by atoms with Crippen molar-refractivity contribution in [1.82, 2.24) is 9.80 Å². The minimum Gasteiger partial charge on any atom is -0.378 e. The number of ether oxygens (including phenoxy) is 1. The molecule has 128 valence electrons. The first-order chi connectivity index (χ1) is 11.8. The molecular formula is C19H24N2O3. The van der Waals surface area contributed by atoms with E-state index in [2.05, 4.69) is 0 Å². The maximum absolute atomic E-state index is 12.8. The molecule has 2 heterocycles. The van der Waals surface area contributed by atoms with Crippen LogP contribution in [0.4, 0.5) is 0 Å². The average molecular weight is 328 g/mol. The van der Waals surface area contributed by atoms with Crippen LogP contribution in [-0.4, -0.2) is 60.5 Å². The van der Waals surface area contributed by atoms with E-state index < -0.39 is 0 Å². The highest BCUT2D eigenvalue weighted by Gasteiger charge is 2.34. The molecule has 0 aliphatic carbocycles. The van der Waals surface area contributed by atoms with Crippen LogP contribution < -0.4 is 0 Å². The third-order valence-corrected chi connectivity index (χ3v) is 4.61. The maximum atomic E-state index is 12.8. The standard InChI is InChI=1S/C19H24N2O3/c22-18(10-9-16-6-2-1-3-7-16)21-11-5-4-8-17(21)19(23)20-12-14-24-15-13-20/h1-3,6-7,9-10,17H,4-5,8,11-15H2/b10-9-/t17-/m0/s1. The molecule has 0 spiro atoms. The summed E-state index contributed by atoms with van der Waals surface area (Å²) in [5.41, 5.74) is 0.985. The van der Waals surface area contributed by atoms with Crippen LogP contribution in [0.5, 0.6) is 0 Å². The number of benzene rings is 1. The van der Waals surface area contributed by atoms with Crippen LogP contribution in [0.3, 0.4) is 0 Å². The molecule has 24 heavy (non-hydrogen) atoms. The molecule has 0 radical (unpaired) electrons. The van der Waals surface area contributed by atoms with Gasteiger partial charge in [-0.2, -0.15) is 0 Å². The number of hydrogen-bond donors (Lipinski definition) is 0. The Morgan fingerprint density at radius 3 is 2.54 bits per heavy atom. The molecule has 2 aliphatic rings. The Hall–Kier alpha value is -2.14. The highest BCUT2D eigenvalue weighted by Crippen LogP contribution is 2.20. The molecule has 1 aromatic rings. The first-order valence-corrected chi connectivity index (χ1v) is 8.66. The summed E-state index contributed by atoms with van der Waals surface area (Å²) in [7, 11) is 0. The highest BCUT2D eigenvalue weighted by molar-refractivity contribution is 5.95. The molecule has 1 atom stereocenters. The van der Waals surface area contributed by atoms with Crippen molar-refractivity contribution in [1.29, 1.82) is 0 Å². The lowest BCUT2D eigenvalue weighted by Gasteiger charge is -2.38. The summed E-state index contributed by atoms with van der Waals surface area (Å²) in [5, 5.41) is 0. The third kappa shape index (κ3) is 4.03. The van der Waals surface area contributed by atoms with E-state index in [4.69, 9.17) is 4.74 Å². The normalized spacial score (nSPS) is 21.9. The largest absolute Gasteiger partial charge is 0.378 e. The van der Waals surface area contributed by atoms with Gasteiger partial charge in [-0.3, -0.25) is 9.59 Å². The summed E-state index contributed by atoms with van der Waals surface area (Å²) < 4.78 is 5.31. The van der Waals surface area contributed by atoms with Crippen molar-refractivity contribution in [2.24, 2.45) is 0 Å². The van der Waals surface area contributed by atoms with Crippen molar-refractivity contribution in [3.63, 3.8) is 0 Å². The number of hydrogen-bond acceptors (Lipinski definition) is 3. The average Bonchev–Trinajstić information content (AvgIpc) is 2.67. The molecule has 5 heteroatoms. The Kier molecular flexibility index (Phi) is 5.64. The summed E-state index contributed by atoms with van der Waals surface area (Å²) in [6, 6.07) is 9.41. The molecule has 2 amide bonds. The van der Waals surface area contributed by atoms with Crippen LogP contribution in [0, 0.1) is 0 Å². The molecule has 1 aromatic carbocycles. The Bertz CT molecular complexity index is 594. The van der Waals surface area contributed by atoms with E-state index in [1.807, 2.05) is 41.3 Å². The Morgan fingerprint density at radius 1 is 1.04 bits per heavy atom. The van der Waals surface area contributed by atoms with Gasteiger partial charge in [0.1, 0.15) is 6.04 Å².